The van der Waals surface area contributed by atoms with Crippen LogP contribution in [-0.4, -0.2) is 32.8 Å². The first-order valence-corrected chi connectivity index (χ1v) is 6.79. The lowest BCUT2D eigenvalue weighted by Gasteiger charge is -2.15. The number of rotatable bonds is 4. The van der Waals surface area contributed by atoms with Gasteiger partial charge >= 0.3 is 11.9 Å². The second-order valence-electron chi connectivity index (χ2n) is 5.58. The molecule has 1 aliphatic rings. The van der Waals surface area contributed by atoms with Crippen LogP contribution < -0.4 is 10.1 Å². The van der Waals surface area contributed by atoms with Crippen LogP contribution in [0.25, 0.3) is 0 Å². The summed E-state index contributed by atoms with van der Waals surface area (Å²) >= 11 is 0. The molecule has 0 aliphatic carbocycles. The van der Waals surface area contributed by atoms with E-state index in [1.807, 2.05) is 12.1 Å². The van der Waals surface area contributed by atoms with E-state index in [9.17, 15) is 9.59 Å². The highest BCUT2D eigenvalue weighted by molar-refractivity contribution is 5.98. The summed E-state index contributed by atoms with van der Waals surface area (Å²) in [5.74, 6) is -0.545. The van der Waals surface area contributed by atoms with Gasteiger partial charge in [0.05, 0.1) is 26.9 Å². The van der Waals surface area contributed by atoms with Gasteiger partial charge in [0, 0.05) is 22.7 Å². The highest BCUT2D eigenvalue weighted by Crippen LogP contribution is 2.39. The summed E-state index contributed by atoms with van der Waals surface area (Å²) in [7, 11) is 2.47. The lowest BCUT2D eigenvalue weighted by atomic mass is 9.87. The normalized spacial score (nSPS) is 15.5. The van der Waals surface area contributed by atoms with E-state index in [1.165, 1.54) is 14.2 Å². The summed E-state index contributed by atoms with van der Waals surface area (Å²) in [4.78, 5) is 23.0. The number of hydrogen-bond donors (Lipinski definition) is 1. The first kappa shape index (κ1) is 15.9. The third-order valence-electron chi connectivity index (χ3n) is 3.45. The van der Waals surface area contributed by atoms with Crippen LogP contribution in [0, 0.1) is 0 Å². The van der Waals surface area contributed by atoms with Gasteiger partial charge < -0.3 is 19.5 Å². The Balaban J connectivity index is 2.27. The number of carbonyl (C=O) groups excluding carboxylic acids is 2. The molecule has 0 saturated heterocycles. The van der Waals surface area contributed by atoms with Gasteiger partial charge in [-0.2, -0.15) is 0 Å². The van der Waals surface area contributed by atoms with Gasteiger partial charge in [-0.15, -0.1) is 0 Å². The Bertz CT molecular complexity index is 633. The number of nitrogens with one attached hydrogen (secondary N) is 1. The summed E-state index contributed by atoms with van der Waals surface area (Å²) in [6.07, 6.45) is 1.05. The Morgan fingerprint density at radius 3 is 2.64 bits per heavy atom. The Morgan fingerprint density at radius 2 is 2.00 bits per heavy atom. The number of anilines is 1. The SMILES string of the molecule is COC(=O)/C=C(/Nc1ccc2c(c1)OCC2(C)C)C(=O)OC. The molecule has 1 heterocycles. The highest BCUT2D eigenvalue weighted by Gasteiger charge is 2.31. The van der Waals surface area contributed by atoms with Gasteiger partial charge in [-0.1, -0.05) is 19.9 Å². The molecule has 6 nitrogen and oxygen atoms in total. The molecule has 1 aliphatic heterocycles. The first-order chi connectivity index (χ1) is 10.4. The van der Waals surface area contributed by atoms with E-state index in [0.717, 1.165) is 17.4 Å². The van der Waals surface area contributed by atoms with Crippen molar-refractivity contribution in [3.05, 3.63) is 35.5 Å². The second-order valence-corrected chi connectivity index (χ2v) is 5.58. The van der Waals surface area contributed by atoms with E-state index in [0.29, 0.717) is 12.3 Å². The standard InChI is InChI=1S/C16H19NO5/c1-16(2)9-22-13-7-10(5-6-11(13)16)17-12(15(19)21-4)8-14(18)20-3/h5-8,17H,9H2,1-4H3/b12-8+. The summed E-state index contributed by atoms with van der Waals surface area (Å²) in [6.45, 7) is 4.81. The molecule has 0 atom stereocenters. The summed E-state index contributed by atoms with van der Waals surface area (Å²) < 4.78 is 14.8. The van der Waals surface area contributed by atoms with Crippen molar-refractivity contribution in [3.8, 4) is 5.75 Å². The smallest absolute Gasteiger partial charge is 0.354 e. The van der Waals surface area contributed by atoms with E-state index in [1.54, 1.807) is 6.07 Å². The lowest BCUT2D eigenvalue weighted by molar-refractivity contribution is -0.138. The number of fused-ring (bicyclic) bond motifs is 1. The van der Waals surface area contributed by atoms with E-state index in [-0.39, 0.29) is 11.1 Å². The molecule has 2 rings (SSSR count). The minimum Gasteiger partial charge on any atom is -0.492 e. The van der Waals surface area contributed by atoms with Gasteiger partial charge in [-0.05, 0) is 6.07 Å². The number of benzene rings is 1. The minimum absolute atomic E-state index is 0.00782. The number of carbonyl (C=O) groups is 2. The molecular formula is C16H19NO5. The van der Waals surface area contributed by atoms with Gasteiger partial charge in [0.15, 0.2) is 0 Å². The van der Waals surface area contributed by atoms with Gasteiger partial charge in [-0.3, -0.25) is 0 Å². The molecule has 0 amide bonds. The van der Waals surface area contributed by atoms with Crippen LogP contribution in [-0.2, 0) is 24.5 Å². The van der Waals surface area contributed by atoms with Crippen LogP contribution in [0.1, 0.15) is 19.4 Å². The summed E-state index contributed by atoms with van der Waals surface area (Å²) in [5.41, 5.74) is 1.68. The zero-order valence-electron chi connectivity index (χ0n) is 13.1. The number of esters is 2. The van der Waals surface area contributed by atoms with Gasteiger partial charge in [0.2, 0.25) is 0 Å². The average molecular weight is 305 g/mol. The molecule has 6 heteroatoms. The Hall–Kier alpha value is -2.50. The van der Waals surface area contributed by atoms with Crippen molar-refractivity contribution in [3.63, 3.8) is 0 Å². The predicted molar refractivity (Wildman–Crippen MR) is 80.7 cm³/mol. The highest BCUT2D eigenvalue weighted by atomic mass is 16.5. The van der Waals surface area contributed by atoms with Crippen LogP contribution in [0.15, 0.2) is 30.0 Å². The van der Waals surface area contributed by atoms with Gasteiger partial charge in [0.25, 0.3) is 0 Å². The van der Waals surface area contributed by atoms with Crippen molar-refractivity contribution < 1.29 is 23.8 Å². The van der Waals surface area contributed by atoms with Crippen molar-refractivity contribution >= 4 is 17.6 Å². The van der Waals surface area contributed by atoms with E-state index in [4.69, 9.17) is 4.74 Å². The first-order valence-electron chi connectivity index (χ1n) is 6.79. The third-order valence-corrected chi connectivity index (χ3v) is 3.45. The maximum absolute atomic E-state index is 11.7. The zero-order chi connectivity index (χ0) is 16.3. The molecule has 0 bridgehead atoms. The van der Waals surface area contributed by atoms with E-state index >= 15 is 0 Å². The largest absolute Gasteiger partial charge is 0.492 e. The topological polar surface area (TPSA) is 73.9 Å². The molecule has 118 valence electrons. The quantitative estimate of drug-likeness (QED) is 0.677. The van der Waals surface area contributed by atoms with Crippen LogP contribution in [0.4, 0.5) is 5.69 Å². The summed E-state index contributed by atoms with van der Waals surface area (Å²) in [6, 6.07) is 5.55. The summed E-state index contributed by atoms with van der Waals surface area (Å²) in [5, 5.41) is 2.86. The molecule has 0 fully saturated rings. The Labute approximate surface area is 129 Å². The fraction of sp³-hybridized carbons (Fsp3) is 0.375. The molecule has 0 aromatic heterocycles. The Kier molecular flexibility index (Phi) is 4.40. The molecule has 0 radical (unpaired) electrons. The number of methoxy groups -OCH3 is 2. The van der Waals surface area contributed by atoms with Crippen molar-refractivity contribution in [2.24, 2.45) is 0 Å². The van der Waals surface area contributed by atoms with Crippen LogP contribution in [0.5, 0.6) is 5.75 Å². The van der Waals surface area contributed by atoms with Crippen LogP contribution >= 0.6 is 0 Å². The average Bonchev–Trinajstić information content (AvgIpc) is 2.80. The lowest BCUT2D eigenvalue weighted by Crippen LogP contribution is -2.18. The monoisotopic (exact) mass is 305 g/mol. The molecule has 1 aromatic carbocycles. The van der Waals surface area contributed by atoms with E-state index < -0.39 is 11.9 Å². The molecule has 0 unspecified atom stereocenters. The van der Waals surface area contributed by atoms with Gasteiger partial charge in [0.1, 0.15) is 11.4 Å². The molecule has 1 N–H and O–H groups in total. The minimum atomic E-state index is -0.660. The van der Waals surface area contributed by atoms with Crippen molar-refractivity contribution in [1.82, 2.24) is 0 Å². The molecule has 22 heavy (non-hydrogen) atoms. The number of hydrogen-bond acceptors (Lipinski definition) is 6. The zero-order valence-corrected chi connectivity index (χ0v) is 13.1. The van der Waals surface area contributed by atoms with Gasteiger partial charge in [-0.25, -0.2) is 9.59 Å². The molecule has 1 aromatic rings. The second kappa shape index (κ2) is 6.09. The van der Waals surface area contributed by atoms with Crippen LogP contribution in [0.3, 0.4) is 0 Å². The van der Waals surface area contributed by atoms with Crippen molar-refractivity contribution in [1.29, 1.82) is 0 Å². The van der Waals surface area contributed by atoms with Crippen molar-refractivity contribution in [2.75, 3.05) is 26.1 Å². The molecular weight excluding hydrogens is 286 g/mol. The predicted octanol–water partition coefficient (Wildman–Crippen LogP) is 2.00. The maximum Gasteiger partial charge on any atom is 0.354 e. The van der Waals surface area contributed by atoms with Crippen LogP contribution in [0.2, 0.25) is 0 Å². The Morgan fingerprint density at radius 1 is 1.27 bits per heavy atom. The fourth-order valence-electron chi connectivity index (χ4n) is 2.20. The molecule has 0 spiro atoms. The third kappa shape index (κ3) is 3.21. The molecule has 0 saturated carbocycles. The number of ether oxygens (including phenoxy) is 3. The fourth-order valence-corrected chi connectivity index (χ4v) is 2.20. The van der Waals surface area contributed by atoms with E-state index in [2.05, 4.69) is 28.6 Å². The maximum atomic E-state index is 11.7. The van der Waals surface area contributed by atoms with Crippen molar-refractivity contribution in [2.45, 2.75) is 19.3 Å².